The third kappa shape index (κ3) is 2.79. The summed E-state index contributed by atoms with van der Waals surface area (Å²) in [5.41, 5.74) is 3.43. The number of nitrogens with zero attached hydrogens (tertiary/aromatic N) is 3. The molecule has 0 saturated carbocycles. The average molecular weight is 375 g/mol. The predicted molar refractivity (Wildman–Crippen MR) is 104 cm³/mol. The Morgan fingerprint density at radius 3 is 2.88 bits per heavy atom. The lowest BCUT2D eigenvalue weighted by atomic mass is 10.1. The average Bonchev–Trinajstić information content (AvgIpc) is 3.02. The molecule has 25 heavy (non-hydrogen) atoms. The van der Waals surface area contributed by atoms with Crippen molar-refractivity contribution < 1.29 is 0 Å². The van der Waals surface area contributed by atoms with Crippen molar-refractivity contribution in [3.63, 3.8) is 0 Å². The summed E-state index contributed by atoms with van der Waals surface area (Å²) >= 11 is 7.21. The van der Waals surface area contributed by atoms with Crippen LogP contribution in [0.3, 0.4) is 0 Å². The van der Waals surface area contributed by atoms with Gasteiger partial charge in [-0.15, -0.1) is 11.3 Å². The van der Waals surface area contributed by atoms with Gasteiger partial charge in [-0.2, -0.15) is 5.10 Å². The molecule has 7 heteroatoms. The van der Waals surface area contributed by atoms with Crippen molar-refractivity contribution in [2.75, 3.05) is 0 Å². The van der Waals surface area contributed by atoms with Crippen LogP contribution in [-0.2, 0) is 25.9 Å². The summed E-state index contributed by atoms with van der Waals surface area (Å²) in [5, 5.41) is 5.24. The molecule has 1 aliphatic carbocycles. The molecular weight excluding hydrogens is 352 g/mol. The van der Waals surface area contributed by atoms with Crippen LogP contribution in [0.5, 0.6) is 0 Å². The van der Waals surface area contributed by atoms with Crippen molar-refractivity contribution in [3.8, 4) is 0 Å². The molecule has 0 bridgehead atoms. The first-order chi connectivity index (χ1) is 12.1. The van der Waals surface area contributed by atoms with Crippen LogP contribution in [0.1, 0.15) is 47.9 Å². The molecule has 0 saturated heterocycles. The normalized spacial score (nSPS) is 14.6. The second-order valence-corrected chi connectivity index (χ2v) is 8.15. The van der Waals surface area contributed by atoms with Crippen LogP contribution in [0.15, 0.2) is 11.0 Å². The van der Waals surface area contributed by atoms with Crippen LogP contribution < -0.4 is 5.56 Å². The second kappa shape index (κ2) is 6.53. The number of aromatic nitrogens is 4. The minimum absolute atomic E-state index is 0.0433. The van der Waals surface area contributed by atoms with E-state index in [0.29, 0.717) is 11.3 Å². The number of hydrogen-bond donors (Lipinski definition) is 1. The summed E-state index contributed by atoms with van der Waals surface area (Å²) < 4.78 is 4.14. The summed E-state index contributed by atoms with van der Waals surface area (Å²) in [7, 11) is 0. The van der Waals surface area contributed by atoms with E-state index < -0.39 is 0 Å². The number of aryl methyl sites for hydroxylation is 3. The fraction of sp³-hybridized carbons (Fsp3) is 0.500. The molecule has 0 amide bonds. The summed E-state index contributed by atoms with van der Waals surface area (Å²) in [6.07, 6.45) is 7.55. The van der Waals surface area contributed by atoms with E-state index in [-0.39, 0.29) is 5.56 Å². The molecule has 1 N–H and O–H groups in total. The Morgan fingerprint density at radius 2 is 2.12 bits per heavy atom. The van der Waals surface area contributed by atoms with Gasteiger partial charge in [-0.05, 0) is 57.3 Å². The number of thiophene rings is 1. The molecule has 0 unspecified atom stereocenters. The topological polar surface area (TPSA) is 55.6 Å². The van der Waals surface area contributed by atoms with Crippen LogP contribution in [0.2, 0.25) is 0 Å². The molecule has 5 nitrogen and oxygen atoms in total. The SMILES string of the molecule is CCn1ncc(Cn2c(=S)[nH]c3sc4c(c3c2=O)CCCCC4)c1C. The van der Waals surface area contributed by atoms with Crippen LogP contribution in [0.25, 0.3) is 10.2 Å². The Bertz CT molecular complexity index is 1050. The number of rotatable bonds is 3. The van der Waals surface area contributed by atoms with E-state index in [4.69, 9.17) is 12.2 Å². The highest BCUT2D eigenvalue weighted by Crippen LogP contribution is 2.32. The zero-order valence-corrected chi connectivity index (χ0v) is 16.2. The smallest absolute Gasteiger partial charge is 0.263 e. The summed E-state index contributed by atoms with van der Waals surface area (Å²) in [6, 6.07) is 0. The summed E-state index contributed by atoms with van der Waals surface area (Å²) in [6.45, 7) is 5.40. The van der Waals surface area contributed by atoms with Crippen molar-refractivity contribution in [1.82, 2.24) is 19.3 Å². The van der Waals surface area contributed by atoms with Crippen molar-refractivity contribution in [2.45, 2.75) is 59.0 Å². The number of hydrogen-bond acceptors (Lipinski definition) is 4. The van der Waals surface area contributed by atoms with Gasteiger partial charge in [-0.25, -0.2) is 0 Å². The maximum atomic E-state index is 13.2. The van der Waals surface area contributed by atoms with Crippen molar-refractivity contribution in [1.29, 1.82) is 0 Å². The Hall–Kier alpha value is -1.73. The number of H-pyrrole nitrogens is 1. The van der Waals surface area contributed by atoms with E-state index in [2.05, 4.69) is 17.0 Å². The number of nitrogens with one attached hydrogen (secondary N) is 1. The summed E-state index contributed by atoms with van der Waals surface area (Å²) in [5.74, 6) is 0. The second-order valence-electron chi connectivity index (χ2n) is 6.66. The maximum absolute atomic E-state index is 13.2. The van der Waals surface area contributed by atoms with Crippen LogP contribution in [0.4, 0.5) is 0 Å². The minimum atomic E-state index is 0.0433. The standard InChI is InChI=1S/C18H22N4OS2/c1-3-22-11(2)12(9-19-22)10-21-17(23)15-13-7-5-4-6-8-14(13)25-16(15)20-18(21)24/h9H,3-8,10H2,1-2H3,(H,20,24). The van der Waals surface area contributed by atoms with Gasteiger partial charge in [0.2, 0.25) is 0 Å². The van der Waals surface area contributed by atoms with Crippen LogP contribution in [0, 0.1) is 11.7 Å². The first kappa shape index (κ1) is 16.7. The molecule has 3 aromatic rings. The lowest BCUT2D eigenvalue weighted by Crippen LogP contribution is -2.23. The molecule has 0 atom stereocenters. The third-order valence-corrected chi connectivity index (χ3v) is 6.71. The maximum Gasteiger partial charge on any atom is 0.263 e. The predicted octanol–water partition coefficient (Wildman–Crippen LogP) is 3.96. The first-order valence-electron chi connectivity index (χ1n) is 8.88. The van der Waals surface area contributed by atoms with Crippen molar-refractivity contribution in [2.24, 2.45) is 0 Å². The Kier molecular flexibility index (Phi) is 4.37. The zero-order chi connectivity index (χ0) is 17.6. The van der Waals surface area contributed by atoms with Crippen LogP contribution in [-0.4, -0.2) is 19.3 Å². The Labute approximate surface area is 155 Å². The van der Waals surface area contributed by atoms with Gasteiger partial charge >= 0.3 is 0 Å². The molecule has 0 fully saturated rings. The lowest BCUT2D eigenvalue weighted by Gasteiger charge is -2.08. The Morgan fingerprint density at radius 1 is 1.32 bits per heavy atom. The van der Waals surface area contributed by atoms with E-state index in [1.165, 1.54) is 23.3 Å². The van der Waals surface area contributed by atoms with Gasteiger partial charge in [0.15, 0.2) is 4.77 Å². The molecule has 0 spiro atoms. The largest absolute Gasteiger partial charge is 0.323 e. The molecule has 0 aliphatic heterocycles. The fourth-order valence-electron chi connectivity index (χ4n) is 3.72. The van der Waals surface area contributed by atoms with Gasteiger partial charge in [0.1, 0.15) is 4.83 Å². The van der Waals surface area contributed by atoms with E-state index in [1.807, 2.05) is 17.8 Å². The first-order valence-corrected chi connectivity index (χ1v) is 10.1. The molecule has 0 radical (unpaired) electrons. The third-order valence-electron chi connectivity index (χ3n) is 5.18. The molecule has 132 valence electrons. The highest BCUT2D eigenvalue weighted by molar-refractivity contribution is 7.71. The Balaban J connectivity index is 1.86. The zero-order valence-electron chi connectivity index (χ0n) is 14.6. The van der Waals surface area contributed by atoms with Gasteiger partial charge < -0.3 is 4.98 Å². The van der Waals surface area contributed by atoms with Gasteiger partial charge in [0, 0.05) is 22.7 Å². The highest BCUT2D eigenvalue weighted by Gasteiger charge is 2.20. The molecule has 4 rings (SSSR count). The fourth-order valence-corrected chi connectivity index (χ4v) is 5.32. The van der Waals surface area contributed by atoms with Gasteiger partial charge in [-0.1, -0.05) is 6.42 Å². The molecule has 1 aliphatic rings. The molecule has 3 heterocycles. The van der Waals surface area contributed by atoms with Crippen molar-refractivity contribution in [3.05, 3.63) is 43.0 Å². The number of fused-ring (bicyclic) bond motifs is 3. The number of aromatic amines is 1. The molecule has 0 aromatic carbocycles. The van der Waals surface area contributed by atoms with Gasteiger partial charge in [0.25, 0.3) is 5.56 Å². The van der Waals surface area contributed by atoms with E-state index in [0.717, 1.165) is 47.3 Å². The highest BCUT2D eigenvalue weighted by atomic mass is 32.1. The molecular formula is C18H22N4OS2. The van der Waals surface area contributed by atoms with Gasteiger partial charge in [-0.3, -0.25) is 14.0 Å². The van der Waals surface area contributed by atoms with E-state index in [9.17, 15) is 4.79 Å². The summed E-state index contributed by atoms with van der Waals surface area (Å²) in [4.78, 5) is 18.9. The lowest BCUT2D eigenvalue weighted by molar-refractivity contribution is 0.635. The minimum Gasteiger partial charge on any atom is -0.323 e. The van der Waals surface area contributed by atoms with E-state index in [1.54, 1.807) is 15.9 Å². The van der Waals surface area contributed by atoms with Gasteiger partial charge in [0.05, 0.1) is 18.1 Å². The van der Waals surface area contributed by atoms with E-state index >= 15 is 0 Å². The van der Waals surface area contributed by atoms with Crippen molar-refractivity contribution >= 4 is 33.8 Å². The quantitative estimate of drug-likeness (QED) is 0.558. The molecule has 3 aromatic heterocycles. The van der Waals surface area contributed by atoms with Crippen LogP contribution >= 0.6 is 23.6 Å². The monoisotopic (exact) mass is 374 g/mol.